The Morgan fingerprint density at radius 1 is 1.77 bits per heavy atom. The second-order valence-electron chi connectivity index (χ2n) is 4.12. The van der Waals surface area contributed by atoms with Crippen molar-refractivity contribution in [3.8, 4) is 0 Å². The average Bonchev–Trinajstić information content (AvgIpc) is 2.49. The van der Waals surface area contributed by atoms with Crippen molar-refractivity contribution in [3.63, 3.8) is 0 Å². The molecule has 2 rings (SSSR count). The smallest absolute Gasteiger partial charge is 0.229 e. The molecule has 1 aromatic heterocycles. The summed E-state index contributed by atoms with van der Waals surface area (Å²) in [5.74, 6) is 0.663. The van der Waals surface area contributed by atoms with Crippen LogP contribution in [-0.2, 0) is 4.79 Å². The molecule has 1 amide bonds. The van der Waals surface area contributed by atoms with Crippen molar-refractivity contribution in [2.45, 2.75) is 20.3 Å². The van der Waals surface area contributed by atoms with Gasteiger partial charge in [0.1, 0.15) is 6.26 Å². The van der Waals surface area contributed by atoms with Gasteiger partial charge in [-0.1, -0.05) is 19.0 Å². The topological polar surface area (TPSA) is 55.1 Å². The van der Waals surface area contributed by atoms with Gasteiger partial charge in [-0.15, -0.1) is 0 Å². The highest BCUT2D eigenvalue weighted by Crippen LogP contribution is 2.51. The molecule has 1 fully saturated rings. The number of nitrogens with one attached hydrogen (secondary N) is 1. The van der Waals surface area contributed by atoms with Crippen molar-refractivity contribution in [2.75, 3.05) is 5.32 Å². The quantitative estimate of drug-likeness (QED) is 0.753. The molecule has 4 nitrogen and oxygen atoms in total. The molecule has 1 aromatic rings. The van der Waals surface area contributed by atoms with Gasteiger partial charge in [0, 0.05) is 12.0 Å². The molecule has 1 saturated carbocycles. The molecule has 1 N–H and O–H groups in total. The molecule has 1 heterocycles. The summed E-state index contributed by atoms with van der Waals surface area (Å²) in [6.07, 6.45) is 2.39. The number of nitrogens with zero attached hydrogens (tertiary/aromatic N) is 1. The van der Waals surface area contributed by atoms with Gasteiger partial charge in [-0.25, -0.2) is 0 Å². The molecule has 0 aliphatic heterocycles. The van der Waals surface area contributed by atoms with E-state index in [1.807, 2.05) is 0 Å². The number of carbonyl (C=O) groups is 1. The molecule has 13 heavy (non-hydrogen) atoms. The number of aromatic nitrogens is 1. The first-order valence-corrected chi connectivity index (χ1v) is 4.31. The summed E-state index contributed by atoms with van der Waals surface area (Å²) in [7, 11) is 0. The first kappa shape index (κ1) is 8.29. The van der Waals surface area contributed by atoms with Crippen LogP contribution in [0.3, 0.4) is 0 Å². The van der Waals surface area contributed by atoms with Crippen LogP contribution in [0, 0.1) is 11.3 Å². The Morgan fingerprint density at radius 2 is 2.46 bits per heavy atom. The molecule has 0 radical (unpaired) electrons. The Hall–Kier alpha value is -1.32. The Balaban J connectivity index is 1.94. The number of rotatable bonds is 2. The molecule has 1 atom stereocenters. The first-order valence-electron chi connectivity index (χ1n) is 4.31. The van der Waals surface area contributed by atoms with Crippen LogP contribution in [0.25, 0.3) is 0 Å². The van der Waals surface area contributed by atoms with Crippen molar-refractivity contribution < 1.29 is 9.32 Å². The summed E-state index contributed by atoms with van der Waals surface area (Å²) in [5.41, 5.74) is 0.161. The maximum Gasteiger partial charge on any atom is 0.229 e. The number of anilines is 1. The third-order valence-electron chi connectivity index (χ3n) is 2.52. The Kier molecular flexibility index (Phi) is 1.65. The van der Waals surface area contributed by atoms with E-state index in [9.17, 15) is 4.79 Å². The van der Waals surface area contributed by atoms with E-state index in [1.54, 1.807) is 6.07 Å². The summed E-state index contributed by atoms with van der Waals surface area (Å²) in [5, 5.41) is 6.30. The lowest BCUT2D eigenvalue weighted by molar-refractivity contribution is -0.118. The van der Waals surface area contributed by atoms with Gasteiger partial charge in [0.15, 0.2) is 5.82 Å². The zero-order chi connectivity index (χ0) is 9.47. The molecule has 1 aliphatic carbocycles. The minimum absolute atomic E-state index is 0.0406. The molecule has 0 saturated heterocycles. The van der Waals surface area contributed by atoms with Crippen LogP contribution in [0.2, 0.25) is 0 Å². The minimum Gasteiger partial charge on any atom is -0.363 e. The number of amides is 1. The van der Waals surface area contributed by atoms with E-state index < -0.39 is 0 Å². The fourth-order valence-corrected chi connectivity index (χ4v) is 1.41. The van der Waals surface area contributed by atoms with E-state index in [0.29, 0.717) is 5.82 Å². The third-order valence-corrected chi connectivity index (χ3v) is 2.52. The van der Waals surface area contributed by atoms with Crippen molar-refractivity contribution in [1.82, 2.24) is 5.16 Å². The average molecular weight is 180 g/mol. The van der Waals surface area contributed by atoms with Gasteiger partial charge < -0.3 is 9.84 Å². The van der Waals surface area contributed by atoms with E-state index in [4.69, 9.17) is 0 Å². The molecule has 0 unspecified atom stereocenters. The number of hydrogen-bond donors (Lipinski definition) is 1. The number of hydrogen-bond acceptors (Lipinski definition) is 3. The normalized spacial score (nSPS) is 24.0. The Morgan fingerprint density at radius 3 is 2.92 bits per heavy atom. The van der Waals surface area contributed by atoms with Crippen LogP contribution >= 0.6 is 0 Å². The Labute approximate surface area is 76.3 Å². The summed E-state index contributed by atoms with van der Waals surface area (Å²) in [6, 6.07) is 1.63. The zero-order valence-corrected chi connectivity index (χ0v) is 7.70. The third kappa shape index (κ3) is 1.56. The SMILES string of the molecule is CC1(C)C[C@@H]1C(=O)Nc1ccon1. The maximum absolute atomic E-state index is 11.5. The van der Waals surface area contributed by atoms with Gasteiger partial charge in [-0.2, -0.15) is 0 Å². The molecule has 0 bridgehead atoms. The summed E-state index contributed by atoms with van der Waals surface area (Å²) >= 11 is 0. The molecule has 0 spiro atoms. The predicted molar refractivity (Wildman–Crippen MR) is 47.0 cm³/mol. The highest BCUT2D eigenvalue weighted by Gasteiger charge is 2.50. The van der Waals surface area contributed by atoms with Crippen molar-refractivity contribution in [1.29, 1.82) is 0 Å². The second-order valence-corrected chi connectivity index (χ2v) is 4.12. The van der Waals surface area contributed by atoms with Crippen LogP contribution in [0.15, 0.2) is 16.9 Å². The van der Waals surface area contributed by atoms with Gasteiger partial charge in [0.25, 0.3) is 0 Å². The highest BCUT2D eigenvalue weighted by molar-refractivity contribution is 5.94. The summed E-state index contributed by atoms with van der Waals surface area (Å²) in [6.45, 7) is 4.17. The van der Waals surface area contributed by atoms with Crippen LogP contribution in [0.5, 0.6) is 0 Å². The first-order chi connectivity index (χ1) is 6.09. The summed E-state index contributed by atoms with van der Waals surface area (Å²) < 4.78 is 4.60. The summed E-state index contributed by atoms with van der Waals surface area (Å²) in [4.78, 5) is 11.5. The van der Waals surface area contributed by atoms with Gasteiger partial charge in [0.2, 0.25) is 5.91 Å². The molecule has 1 aliphatic rings. The van der Waals surface area contributed by atoms with Gasteiger partial charge in [0.05, 0.1) is 0 Å². The molecule has 4 heteroatoms. The van der Waals surface area contributed by atoms with Gasteiger partial charge in [-0.3, -0.25) is 4.79 Å². The van der Waals surface area contributed by atoms with Crippen LogP contribution < -0.4 is 5.32 Å². The lowest BCUT2D eigenvalue weighted by Crippen LogP contribution is -2.16. The van der Waals surface area contributed by atoms with Crippen molar-refractivity contribution >= 4 is 11.7 Å². The monoisotopic (exact) mass is 180 g/mol. The van der Waals surface area contributed by atoms with E-state index in [2.05, 4.69) is 28.8 Å². The molecule has 0 aromatic carbocycles. The zero-order valence-electron chi connectivity index (χ0n) is 7.70. The van der Waals surface area contributed by atoms with Crippen molar-refractivity contribution in [3.05, 3.63) is 12.3 Å². The maximum atomic E-state index is 11.5. The second kappa shape index (κ2) is 2.58. The lowest BCUT2D eigenvalue weighted by atomic mass is 10.1. The van der Waals surface area contributed by atoms with Gasteiger partial charge >= 0.3 is 0 Å². The molecule has 70 valence electrons. The highest BCUT2D eigenvalue weighted by atomic mass is 16.5. The molecular weight excluding hydrogens is 168 g/mol. The fourth-order valence-electron chi connectivity index (χ4n) is 1.41. The largest absolute Gasteiger partial charge is 0.363 e. The van der Waals surface area contributed by atoms with Crippen LogP contribution in [-0.4, -0.2) is 11.1 Å². The standard InChI is InChI=1S/C9H12N2O2/c1-9(2)5-6(9)8(12)10-7-3-4-13-11-7/h3-4,6H,5H2,1-2H3,(H,10,11,12)/t6-/m1/s1. The van der Waals surface area contributed by atoms with Crippen molar-refractivity contribution in [2.24, 2.45) is 11.3 Å². The van der Waals surface area contributed by atoms with E-state index in [0.717, 1.165) is 6.42 Å². The van der Waals surface area contributed by atoms with Crippen LogP contribution in [0.4, 0.5) is 5.82 Å². The Bertz CT molecular complexity index is 316. The van der Waals surface area contributed by atoms with Crippen LogP contribution in [0.1, 0.15) is 20.3 Å². The molecular formula is C9H12N2O2. The van der Waals surface area contributed by atoms with E-state index >= 15 is 0 Å². The van der Waals surface area contributed by atoms with E-state index in [1.165, 1.54) is 6.26 Å². The van der Waals surface area contributed by atoms with Gasteiger partial charge in [-0.05, 0) is 11.8 Å². The predicted octanol–water partition coefficient (Wildman–Crippen LogP) is 1.66. The van der Waals surface area contributed by atoms with E-state index in [-0.39, 0.29) is 17.2 Å². The fraction of sp³-hybridized carbons (Fsp3) is 0.556. The minimum atomic E-state index is 0.0406. The lowest BCUT2D eigenvalue weighted by Gasteiger charge is -2.02. The number of carbonyl (C=O) groups excluding carboxylic acids is 1.